The van der Waals surface area contributed by atoms with Gasteiger partial charge in [0.1, 0.15) is 0 Å². The van der Waals surface area contributed by atoms with Crippen molar-refractivity contribution < 1.29 is 23.6 Å². The molecular formula is C18H24BNO5. The molecule has 0 saturated carbocycles. The maximum absolute atomic E-state index is 12.4. The van der Waals surface area contributed by atoms with Gasteiger partial charge in [0.15, 0.2) is 0 Å². The highest BCUT2D eigenvalue weighted by Crippen LogP contribution is 2.38. The zero-order chi connectivity index (χ0) is 18.6. The second-order valence-electron chi connectivity index (χ2n) is 7.80. The highest BCUT2D eigenvalue weighted by molar-refractivity contribution is 6.62. The Morgan fingerprint density at radius 1 is 1.20 bits per heavy atom. The molecule has 0 aliphatic carbocycles. The van der Waals surface area contributed by atoms with E-state index in [1.165, 1.54) is 11.8 Å². The Labute approximate surface area is 148 Å². The fraction of sp³-hybridized carbons (Fsp3) is 0.556. The Balaban J connectivity index is 1.94. The predicted octanol–water partition coefficient (Wildman–Crippen LogP) is 1.22. The van der Waals surface area contributed by atoms with Crippen molar-refractivity contribution in [1.29, 1.82) is 0 Å². The van der Waals surface area contributed by atoms with E-state index in [-0.39, 0.29) is 5.91 Å². The highest BCUT2D eigenvalue weighted by atomic mass is 16.7. The molecular weight excluding hydrogens is 321 g/mol. The van der Waals surface area contributed by atoms with Crippen LogP contribution in [-0.2, 0) is 29.2 Å². The normalized spacial score (nSPS) is 27.2. The SMILES string of the molecule is CC(=O)OC1(c2cccc(B3OC(C)(C)C(C)(C)O3)c2)CN(C)C1=O. The first-order valence-corrected chi connectivity index (χ1v) is 8.40. The van der Waals surface area contributed by atoms with Crippen LogP contribution in [0.15, 0.2) is 24.3 Å². The molecule has 2 heterocycles. The Morgan fingerprint density at radius 2 is 1.80 bits per heavy atom. The summed E-state index contributed by atoms with van der Waals surface area (Å²) in [6, 6.07) is 7.34. The lowest BCUT2D eigenvalue weighted by molar-refractivity contribution is -0.193. The van der Waals surface area contributed by atoms with Gasteiger partial charge in [-0.3, -0.25) is 9.59 Å². The van der Waals surface area contributed by atoms with Crippen molar-refractivity contribution in [2.45, 2.75) is 51.4 Å². The average Bonchev–Trinajstić information content (AvgIpc) is 2.74. The van der Waals surface area contributed by atoms with Gasteiger partial charge in [0.2, 0.25) is 5.60 Å². The molecule has 134 valence electrons. The largest absolute Gasteiger partial charge is 0.494 e. The van der Waals surface area contributed by atoms with Gasteiger partial charge >= 0.3 is 13.1 Å². The number of likely N-dealkylation sites (N-methyl/N-ethyl adjacent to an activating group) is 1. The molecule has 0 spiro atoms. The summed E-state index contributed by atoms with van der Waals surface area (Å²) in [5.41, 5.74) is -0.718. The van der Waals surface area contributed by atoms with E-state index in [1.54, 1.807) is 13.1 Å². The number of esters is 1. The monoisotopic (exact) mass is 345 g/mol. The Bertz CT molecular complexity index is 716. The van der Waals surface area contributed by atoms with Gasteiger partial charge in [0.05, 0.1) is 17.7 Å². The van der Waals surface area contributed by atoms with E-state index in [4.69, 9.17) is 14.0 Å². The fourth-order valence-electron chi connectivity index (χ4n) is 3.20. The van der Waals surface area contributed by atoms with Gasteiger partial charge < -0.3 is 18.9 Å². The van der Waals surface area contributed by atoms with Crippen molar-refractivity contribution in [1.82, 2.24) is 4.90 Å². The number of rotatable bonds is 3. The first-order valence-electron chi connectivity index (χ1n) is 8.40. The van der Waals surface area contributed by atoms with E-state index < -0.39 is 29.9 Å². The summed E-state index contributed by atoms with van der Waals surface area (Å²) >= 11 is 0. The van der Waals surface area contributed by atoms with Crippen LogP contribution in [0.3, 0.4) is 0 Å². The van der Waals surface area contributed by atoms with Crippen LogP contribution in [0.1, 0.15) is 40.2 Å². The van der Waals surface area contributed by atoms with Gasteiger partial charge in [-0.05, 0) is 33.2 Å². The highest BCUT2D eigenvalue weighted by Gasteiger charge is 2.56. The summed E-state index contributed by atoms with van der Waals surface area (Å²) in [5.74, 6) is -0.712. The third kappa shape index (κ3) is 2.75. The molecule has 3 rings (SSSR count). The lowest BCUT2D eigenvalue weighted by atomic mass is 9.75. The van der Waals surface area contributed by atoms with Crippen LogP contribution in [-0.4, -0.2) is 48.7 Å². The van der Waals surface area contributed by atoms with Crippen LogP contribution in [0, 0.1) is 0 Å². The Kier molecular flexibility index (Phi) is 4.00. The number of hydrogen-bond acceptors (Lipinski definition) is 5. The fourth-order valence-corrected chi connectivity index (χ4v) is 3.20. The molecule has 0 bridgehead atoms. The topological polar surface area (TPSA) is 65.1 Å². The summed E-state index contributed by atoms with van der Waals surface area (Å²) in [6.07, 6.45) is 0. The van der Waals surface area contributed by atoms with Crippen molar-refractivity contribution in [3.05, 3.63) is 29.8 Å². The maximum atomic E-state index is 12.4. The van der Waals surface area contributed by atoms with Crippen LogP contribution in [0.5, 0.6) is 0 Å². The van der Waals surface area contributed by atoms with Crippen LogP contribution in [0.4, 0.5) is 0 Å². The summed E-state index contributed by atoms with van der Waals surface area (Å²) in [7, 11) is 1.15. The van der Waals surface area contributed by atoms with E-state index in [2.05, 4.69) is 0 Å². The molecule has 0 radical (unpaired) electrons. The van der Waals surface area contributed by atoms with Gasteiger partial charge in [-0.15, -0.1) is 0 Å². The second-order valence-corrected chi connectivity index (χ2v) is 7.80. The molecule has 2 aliphatic heterocycles. The van der Waals surface area contributed by atoms with Crippen LogP contribution in [0.25, 0.3) is 0 Å². The number of amides is 1. The average molecular weight is 345 g/mol. The molecule has 7 heteroatoms. The molecule has 25 heavy (non-hydrogen) atoms. The lowest BCUT2D eigenvalue weighted by Gasteiger charge is -2.46. The number of carbonyl (C=O) groups is 2. The van der Waals surface area contributed by atoms with E-state index >= 15 is 0 Å². The van der Waals surface area contributed by atoms with Gasteiger partial charge in [-0.1, -0.05) is 24.3 Å². The third-order valence-electron chi connectivity index (χ3n) is 5.35. The van der Waals surface area contributed by atoms with Gasteiger partial charge in [0.25, 0.3) is 5.91 Å². The van der Waals surface area contributed by atoms with Crippen molar-refractivity contribution in [2.24, 2.45) is 0 Å². The summed E-state index contributed by atoms with van der Waals surface area (Å²) in [4.78, 5) is 25.5. The smallest absolute Gasteiger partial charge is 0.442 e. The van der Waals surface area contributed by atoms with E-state index in [0.717, 1.165) is 5.46 Å². The quantitative estimate of drug-likeness (QED) is 0.468. The molecule has 1 amide bonds. The zero-order valence-corrected chi connectivity index (χ0v) is 15.6. The van der Waals surface area contributed by atoms with Gasteiger partial charge in [0, 0.05) is 19.5 Å². The minimum absolute atomic E-state index is 0.228. The summed E-state index contributed by atoms with van der Waals surface area (Å²) < 4.78 is 17.6. The maximum Gasteiger partial charge on any atom is 0.494 e. The van der Waals surface area contributed by atoms with Crippen molar-refractivity contribution in [3.63, 3.8) is 0 Å². The number of carbonyl (C=O) groups excluding carboxylic acids is 2. The Hall–Kier alpha value is -1.86. The third-order valence-corrected chi connectivity index (χ3v) is 5.35. The van der Waals surface area contributed by atoms with Crippen molar-refractivity contribution in [2.75, 3.05) is 13.6 Å². The number of benzene rings is 1. The second kappa shape index (κ2) is 5.57. The van der Waals surface area contributed by atoms with Crippen molar-refractivity contribution >= 4 is 24.5 Å². The predicted molar refractivity (Wildman–Crippen MR) is 93.2 cm³/mol. The summed E-state index contributed by atoms with van der Waals surface area (Å²) in [5, 5.41) is 0. The molecule has 2 aliphatic rings. The molecule has 2 fully saturated rings. The van der Waals surface area contributed by atoms with E-state index in [9.17, 15) is 9.59 Å². The zero-order valence-electron chi connectivity index (χ0n) is 15.6. The number of β-lactam (4-membered cyclic amide) rings is 1. The molecule has 0 aromatic heterocycles. The molecule has 2 saturated heterocycles. The molecule has 1 atom stereocenters. The first kappa shape index (κ1) is 18.0. The minimum atomic E-state index is -1.25. The molecule has 1 aromatic rings. The molecule has 1 aromatic carbocycles. The number of nitrogens with zero attached hydrogens (tertiary/aromatic N) is 1. The van der Waals surface area contributed by atoms with E-state index in [0.29, 0.717) is 12.1 Å². The van der Waals surface area contributed by atoms with Gasteiger partial charge in [-0.25, -0.2) is 0 Å². The summed E-state index contributed by atoms with van der Waals surface area (Å²) in [6.45, 7) is 9.59. The van der Waals surface area contributed by atoms with Crippen LogP contribution in [0.2, 0.25) is 0 Å². The molecule has 6 nitrogen and oxygen atoms in total. The minimum Gasteiger partial charge on any atom is -0.442 e. The number of ether oxygens (including phenoxy) is 1. The van der Waals surface area contributed by atoms with E-state index in [1.807, 2.05) is 45.9 Å². The molecule has 1 unspecified atom stereocenters. The van der Waals surface area contributed by atoms with Crippen LogP contribution < -0.4 is 5.46 Å². The van der Waals surface area contributed by atoms with Gasteiger partial charge in [-0.2, -0.15) is 0 Å². The molecule has 0 N–H and O–H groups in total. The number of likely N-dealkylation sites (tertiary alicyclic amines) is 1. The number of hydrogen-bond donors (Lipinski definition) is 0. The van der Waals surface area contributed by atoms with Crippen LogP contribution >= 0.6 is 0 Å². The standard InChI is InChI=1S/C18H24BNO5/c1-12(21)23-18(11-20(6)15(18)22)13-8-7-9-14(10-13)19-24-16(2,3)17(4,5)25-19/h7-10H,11H2,1-6H3. The Morgan fingerprint density at radius 3 is 2.28 bits per heavy atom. The van der Waals surface area contributed by atoms with Crippen molar-refractivity contribution in [3.8, 4) is 0 Å². The lowest BCUT2D eigenvalue weighted by Crippen LogP contribution is -2.64. The first-order chi connectivity index (χ1) is 11.5.